The third-order valence-electron chi connectivity index (χ3n) is 5.88. The fourth-order valence-electron chi connectivity index (χ4n) is 4.21. The number of rotatable bonds is 5. The molecule has 3 heterocycles. The van der Waals surface area contributed by atoms with E-state index in [0.717, 1.165) is 24.4 Å². The molecule has 0 aromatic carbocycles. The number of nitrogens with zero attached hydrogens (tertiary/aromatic N) is 3. The van der Waals surface area contributed by atoms with Gasteiger partial charge in [-0.25, -0.2) is 4.98 Å². The van der Waals surface area contributed by atoms with E-state index in [2.05, 4.69) is 15.3 Å². The number of ether oxygens (including phenoxy) is 1. The molecule has 1 saturated carbocycles. The van der Waals surface area contributed by atoms with Gasteiger partial charge in [0.15, 0.2) is 0 Å². The van der Waals surface area contributed by atoms with Crippen LogP contribution >= 0.6 is 0 Å². The molecule has 2 aliphatic rings. The Labute approximate surface area is 172 Å². The fraction of sp³-hybridized carbons (Fsp3) is 0.522. The highest BCUT2D eigenvalue weighted by molar-refractivity contribution is 5.94. The highest BCUT2D eigenvalue weighted by Gasteiger charge is 2.25. The molecule has 4 rings (SSSR count). The van der Waals surface area contributed by atoms with Gasteiger partial charge < -0.3 is 15.0 Å². The molecule has 2 aromatic rings. The molecular weight excluding hydrogens is 364 g/mol. The molecule has 1 aliphatic heterocycles. The lowest BCUT2D eigenvalue weighted by Gasteiger charge is -2.32. The van der Waals surface area contributed by atoms with Crippen molar-refractivity contribution in [2.45, 2.75) is 63.5 Å². The van der Waals surface area contributed by atoms with Gasteiger partial charge in [-0.3, -0.25) is 9.78 Å². The summed E-state index contributed by atoms with van der Waals surface area (Å²) in [5, 5.41) is 3.54. The molecule has 1 amide bonds. The Balaban J connectivity index is 1.27. The Kier molecular flexibility index (Phi) is 6.60. The van der Waals surface area contributed by atoms with Gasteiger partial charge in [-0.15, -0.1) is 0 Å². The number of pyridine rings is 2. The van der Waals surface area contributed by atoms with Crippen molar-refractivity contribution < 1.29 is 9.53 Å². The summed E-state index contributed by atoms with van der Waals surface area (Å²) in [5.41, 5.74) is 0.656. The summed E-state index contributed by atoms with van der Waals surface area (Å²) in [6, 6.07) is 8.13. The van der Waals surface area contributed by atoms with E-state index >= 15 is 0 Å². The molecule has 0 spiro atoms. The average Bonchev–Trinajstić information content (AvgIpc) is 3.04. The van der Waals surface area contributed by atoms with Crippen LogP contribution in [0.25, 0.3) is 0 Å². The van der Waals surface area contributed by atoms with E-state index in [1.807, 2.05) is 29.2 Å². The van der Waals surface area contributed by atoms with Crippen molar-refractivity contribution in [3.63, 3.8) is 0 Å². The molecule has 2 aromatic heterocycles. The van der Waals surface area contributed by atoms with Crippen LogP contribution in [0.5, 0.6) is 5.75 Å². The maximum Gasteiger partial charge on any atom is 0.255 e. The van der Waals surface area contributed by atoms with Crippen LogP contribution in [0.1, 0.15) is 61.7 Å². The number of carbonyl (C=O) groups excluding carboxylic acids is 1. The van der Waals surface area contributed by atoms with Gasteiger partial charge in [0.1, 0.15) is 17.7 Å². The van der Waals surface area contributed by atoms with E-state index in [4.69, 9.17) is 4.74 Å². The molecule has 0 radical (unpaired) electrons. The largest absolute Gasteiger partial charge is 0.489 e. The number of amides is 1. The number of aromatic nitrogens is 2. The summed E-state index contributed by atoms with van der Waals surface area (Å²) < 4.78 is 5.96. The first-order valence-electron chi connectivity index (χ1n) is 10.9. The second-order valence-electron chi connectivity index (χ2n) is 8.06. The molecule has 0 atom stereocenters. The minimum atomic E-state index is 0.0540. The first-order valence-corrected chi connectivity index (χ1v) is 10.9. The maximum atomic E-state index is 12.8. The molecular formula is C23H30N4O2. The lowest BCUT2D eigenvalue weighted by Crippen LogP contribution is -2.41. The van der Waals surface area contributed by atoms with Crippen LogP contribution in [0.15, 0.2) is 42.9 Å². The Bertz CT molecular complexity index is 765. The Morgan fingerprint density at radius 2 is 1.79 bits per heavy atom. The minimum absolute atomic E-state index is 0.0540. The third-order valence-corrected chi connectivity index (χ3v) is 5.88. The number of nitrogens with one attached hydrogen (secondary N) is 1. The molecule has 0 bridgehead atoms. The number of likely N-dealkylation sites (tertiary alicyclic amines) is 1. The van der Waals surface area contributed by atoms with E-state index < -0.39 is 0 Å². The van der Waals surface area contributed by atoms with E-state index in [-0.39, 0.29) is 12.0 Å². The zero-order chi connectivity index (χ0) is 19.9. The van der Waals surface area contributed by atoms with Crippen molar-refractivity contribution in [2.24, 2.45) is 0 Å². The summed E-state index contributed by atoms with van der Waals surface area (Å²) >= 11 is 0. The van der Waals surface area contributed by atoms with Gasteiger partial charge in [0.05, 0.1) is 11.8 Å². The van der Waals surface area contributed by atoms with Crippen molar-refractivity contribution in [1.82, 2.24) is 14.9 Å². The summed E-state index contributed by atoms with van der Waals surface area (Å²) in [5.74, 6) is 1.72. The SMILES string of the molecule is O=C(c1ccc(NC2CCCCCC2)nc1)N1CCC(Oc2cccnc2)CC1. The Hall–Kier alpha value is -2.63. The molecule has 1 saturated heterocycles. The molecule has 1 aliphatic carbocycles. The smallest absolute Gasteiger partial charge is 0.255 e. The number of hydrogen-bond donors (Lipinski definition) is 1. The maximum absolute atomic E-state index is 12.8. The van der Waals surface area contributed by atoms with E-state index in [0.29, 0.717) is 24.7 Å². The van der Waals surface area contributed by atoms with Gasteiger partial charge in [-0.1, -0.05) is 25.7 Å². The van der Waals surface area contributed by atoms with Gasteiger partial charge in [0.2, 0.25) is 0 Å². The molecule has 1 N–H and O–H groups in total. The van der Waals surface area contributed by atoms with Crippen LogP contribution in [0, 0.1) is 0 Å². The van der Waals surface area contributed by atoms with Gasteiger partial charge in [0, 0.05) is 44.4 Å². The fourth-order valence-corrected chi connectivity index (χ4v) is 4.21. The normalized spacial score (nSPS) is 18.8. The van der Waals surface area contributed by atoms with Crippen molar-refractivity contribution in [2.75, 3.05) is 18.4 Å². The van der Waals surface area contributed by atoms with Gasteiger partial charge in [-0.05, 0) is 37.1 Å². The molecule has 0 unspecified atom stereocenters. The summed E-state index contributed by atoms with van der Waals surface area (Å²) in [4.78, 5) is 23.3. The lowest BCUT2D eigenvalue weighted by molar-refractivity contribution is 0.0594. The lowest BCUT2D eigenvalue weighted by atomic mass is 10.1. The second kappa shape index (κ2) is 9.72. The first-order chi connectivity index (χ1) is 14.3. The van der Waals surface area contributed by atoms with Crippen LogP contribution in [-0.4, -0.2) is 46.0 Å². The van der Waals surface area contributed by atoms with E-state index in [9.17, 15) is 4.79 Å². The molecule has 154 valence electrons. The highest BCUT2D eigenvalue weighted by Crippen LogP contribution is 2.22. The molecule has 2 fully saturated rings. The quantitative estimate of drug-likeness (QED) is 0.766. The van der Waals surface area contributed by atoms with Gasteiger partial charge in [-0.2, -0.15) is 0 Å². The van der Waals surface area contributed by atoms with Crippen molar-refractivity contribution in [3.05, 3.63) is 48.4 Å². The number of carbonyl (C=O) groups is 1. The Morgan fingerprint density at radius 1 is 1.00 bits per heavy atom. The van der Waals surface area contributed by atoms with Crippen molar-refractivity contribution >= 4 is 11.7 Å². The standard InChI is InChI=1S/C23H30N4O2/c28-23(27-14-11-20(12-15-27)29-21-8-5-13-24-17-21)18-9-10-22(25-16-18)26-19-6-3-1-2-4-7-19/h5,8-10,13,16-17,19-20H,1-4,6-7,11-12,14-15H2,(H,25,26). The molecule has 6 heteroatoms. The zero-order valence-corrected chi connectivity index (χ0v) is 16.9. The van der Waals surface area contributed by atoms with Crippen LogP contribution < -0.4 is 10.1 Å². The molecule has 29 heavy (non-hydrogen) atoms. The van der Waals surface area contributed by atoms with Crippen LogP contribution in [0.4, 0.5) is 5.82 Å². The Morgan fingerprint density at radius 3 is 2.45 bits per heavy atom. The molecule has 6 nitrogen and oxygen atoms in total. The van der Waals surface area contributed by atoms with Crippen molar-refractivity contribution in [3.8, 4) is 5.75 Å². The number of anilines is 1. The van der Waals surface area contributed by atoms with Crippen LogP contribution in [0.3, 0.4) is 0 Å². The van der Waals surface area contributed by atoms with Crippen molar-refractivity contribution in [1.29, 1.82) is 0 Å². The first kappa shape index (κ1) is 19.7. The van der Waals surface area contributed by atoms with Crippen LogP contribution in [-0.2, 0) is 0 Å². The average molecular weight is 395 g/mol. The monoisotopic (exact) mass is 394 g/mol. The third kappa shape index (κ3) is 5.46. The predicted octanol–water partition coefficient (Wildman–Crippen LogP) is 4.29. The highest BCUT2D eigenvalue weighted by atomic mass is 16.5. The topological polar surface area (TPSA) is 67.4 Å². The summed E-state index contributed by atoms with van der Waals surface area (Å²) in [7, 11) is 0. The van der Waals surface area contributed by atoms with Crippen LogP contribution in [0.2, 0.25) is 0 Å². The van der Waals surface area contributed by atoms with Gasteiger partial charge >= 0.3 is 0 Å². The second-order valence-corrected chi connectivity index (χ2v) is 8.06. The predicted molar refractivity (Wildman–Crippen MR) is 113 cm³/mol. The summed E-state index contributed by atoms with van der Waals surface area (Å²) in [6.07, 6.45) is 14.6. The summed E-state index contributed by atoms with van der Waals surface area (Å²) in [6.45, 7) is 1.40. The number of hydrogen-bond acceptors (Lipinski definition) is 5. The van der Waals surface area contributed by atoms with E-state index in [1.165, 1.54) is 38.5 Å². The zero-order valence-electron chi connectivity index (χ0n) is 16.9. The minimum Gasteiger partial charge on any atom is -0.489 e. The van der Waals surface area contributed by atoms with Gasteiger partial charge in [0.25, 0.3) is 5.91 Å². The number of piperidine rings is 1. The van der Waals surface area contributed by atoms with E-state index in [1.54, 1.807) is 18.6 Å².